The van der Waals surface area contributed by atoms with Gasteiger partial charge in [-0.25, -0.2) is 9.10 Å². The molecule has 66 valence electrons. The molecular formula is C4H10N2O4S. The van der Waals surface area contributed by atoms with Crippen molar-refractivity contribution in [1.29, 1.82) is 0 Å². The first-order valence-electron chi connectivity index (χ1n) is 2.69. The standard InChI is InChI=1S/C4H10N2O4S/c1-5(2)4(7)6(3)11(8,9)10/h1-3H3,(H,8,9,10). The molecule has 0 heterocycles. The van der Waals surface area contributed by atoms with Crippen LogP contribution in [-0.2, 0) is 10.3 Å². The molecule has 0 aromatic rings. The van der Waals surface area contributed by atoms with Crippen LogP contribution in [-0.4, -0.2) is 49.3 Å². The quantitative estimate of drug-likeness (QED) is 0.549. The summed E-state index contributed by atoms with van der Waals surface area (Å²) in [5.41, 5.74) is 0. The highest BCUT2D eigenvalue weighted by Gasteiger charge is 2.21. The van der Waals surface area contributed by atoms with Crippen LogP contribution in [0.2, 0.25) is 0 Å². The first-order valence-corrected chi connectivity index (χ1v) is 4.09. The lowest BCUT2D eigenvalue weighted by Gasteiger charge is -2.17. The molecule has 0 rings (SSSR count). The van der Waals surface area contributed by atoms with Crippen molar-refractivity contribution >= 4 is 16.3 Å². The predicted octanol–water partition coefficient (Wildman–Crippen LogP) is -0.597. The van der Waals surface area contributed by atoms with E-state index in [0.717, 1.165) is 11.9 Å². The lowest BCUT2D eigenvalue weighted by molar-refractivity contribution is 0.200. The maximum absolute atomic E-state index is 10.8. The third-order valence-corrected chi connectivity index (χ3v) is 1.85. The summed E-state index contributed by atoms with van der Waals surface area (Å²) in [6.07, 6.45) is 0. The third kappa shape index (κ3) is 2.72. The number of urea groups is 1. The highest BCUT2D eigenvalue weighted by molar-refractivity contribution is 7.83. The summed E-state index contributed by atoms with van der Waals surface area (Å²) in [4.78, 5) is 11.8. The van der Waals surface area contributed by atoms with Gasteiger partial charge < -0.3 is 4.90 Å². The smallest absolute Gasteiger partial charge is 0.330 e. The van der Waals surface area contributed by atoms with Gasteiger partial charge >= 0.3 is 16.3 Å². The van der Waals surface area contributed by atoms with E-state index >= 15 is 0 Å². The van der Waals surface area contributed by atoms with Crippen LogP contribution in [0, 0.1) is 0 Å². The molecule has 0 aliphatic heterocycles. The van der Waals surface area contributed by atoms with Crippen LogP contribution < -0.4 is 0 Å². The second-order valence-electron chi connectivity index (χ2n) is 2.12. The van der Waals surface area contributed by atoms with Crippen LogP contribution in [0.25, 0.3) is 0 Å². The molecule has 0 saturated heterocycles. The molecule has 2 amide bonds. The number of hydrogen-bond donors (Lipinski definition) is 1. The van der Waals surface area contributed by atoms with Crippen molar-refractivity contribution in [3.05, 3.63) is 0 Å². The number of amides is 2. The highest BCUT2D eigenvalue weighted by atomic mass is 32.2. The van der Waals surface area contributed by atoms with Gasteiger partial charge in [-0.2, -0.15) is 8.42 Å². The minimum atomic E-state index is -4.40. The molecule has 0 spiro atoms. The van der Waals surface area contributed by atoms with Crippen LogP contribution in [0.15, 0.2) is 0 Å². The normalized spacial score (nSPS) is 10.9. The van der Waals surface area contributed by atoms with Gasteiger partial charge in [0.2, 0.25) is 0 Å². The largest absolute Gasteiger partial charge is 0.363 e. The van der Waals surface area contributed by atoms with E-state index in [1.807, 2.05) is 0 Å². The van der Waals surface area contributed by atoms with Crippen molar-refractivity contribution in [2.75, 3.05) is 21.1 Å². The van der Waals surface area contributed by atoms with Crippen molar-refractivity contribution in [2.24, 2.45) is 0 Å². The fourth-order valence-corrected chi connectivity index (χ4v) is 0.741. The van der Waals surface area contributed by atoms with Gasteiger partial charge in [-0.1, -0.05) is 0 Å². The molecule has 0 saturated carbocycles. The molecule has 1 N–H and O–H groups in total. The number of hydrogen-bond acceptors (Lipinski definition) is 3. The summed E-state index contributed by atoms with van der Waals surface area (Å²) in [5.74, 6) is 0. The Morgan fingerprint density at radius 1 is 1.27 bits per heavy atom. The molecule has 0 atom stereocenters. The monoisotopic (exact) mass is 182 g/mol. The van der Waals surface area contributed by atoms with E-state index in [0.29, 0.717) is 0 Å². The summed E-state index contributed by atoms with van der Waals surface area (Å²) >= 11 is 0. The molecule has 0 aromatic carbocycles. The van der Waals surface area contributed by atoms with Crippen LogP contribution >= 0.6 is 0 Å². The van der Waals surface area contributed by atoms with Crippen molar-refractivity contribution in [3.63, 3.8) is 0 Å². The average Bonchev–Trinajstić information content (AvgIpc) is 1.82. The zero-order chi connectivity index (χ0) is 9.23. The number of carbonyl (C=O) groups is 1. The Bertz CT molecular complexity index is 245. The molecule has 0 radical (unpaired) electrons. The van der Waals surface area contributed by atoms with E-state index in [1.54, 1.807) is 0 Å². The Morgan fingerprint density at radius 2 is 1.64 bits per heavy atom. The summed E-state index contributed by atoms with van der Waals surface area (Å²) in [6.45, 7) is 0. The van der Waals surface area contributed by atoms with E-state index in [2.05, 4.69) is 0 Å². The lowest BCUT2D eigenvalue weighted by atomic mass is 10.8. The summed E-state index contributed by atoms with van der Waals surface area (Å²) in [7, 11) is -0.677. The second kappa shape index (κ2) is 3.05. The lowest BCUT2D eigenvalue weighted by Crippen LogP contribution is -2.39. The summed E-state index contributed by atoms with van der Waals surface area (Å²) in [6, 6.07) is -0.799. The molecule has 0 bridgehead atoms. The van der Waals surface area contributed by atoms with Crippen LogP contribution in [0.5, 0.6) is 0 Å². The van der Waals surface area contributed by atoms with E-state index in [4.69, 9.17) is 4.55 Å². The van der Waals surface area contributed by atoms with Crippen molar-refractivity contribution in [1.82, 2.24) is 9.21 Å². The minimum Gasteiger partial charge on any atom is -0.330 e. The summed E-state index contributed by atoms with van der Waals surface area (Å²) < 4.78 is 29.2. The molecule has 0 unspecified atom stereocenters. The number of nitrogens with zero attached hydrogens (tertiary/aromatic N) is 2. The average molecular weight is 182 g/mol. The molecule has 6 nitrogen and oxygen atoms in total. The van der Waals surface area contributed by atoms with Gasteiger partial charge in [0.05, 0.1) is 0 Å². The van der Waals surface area contributed by atoms with Crippen LogP contribution in [0.3, 0.4) is 0 Å². The molecule has 11 heavy (non-hydrogen) atoms. The first-order chi connectivity index (χ1) is 4.76. The van der Waals surface area contributed by atoms with Gasteiger partial charge in [0.1, 0.15) is 0 Å². The molecular weight excluding hydrogens is 172 g/mol. The van der Waals surface area contributed by atoms with Gasteiger partial charge in [0.15, 0.2) is 0 Å². The zero-order valence-electron chi connectivity index (χ0n) is 6.47. The van der Waals surface area contributed by atoms with Gasteiger partial charge in [-0.3, -0.25) is 4.55 Å². The van der Waals surface area contributed by atoms with Crippen molar-refractivity contribution < 1.29 is 17.8 Å². The van der Waals surface area contributed by atoms with Gasteiger partial charge in [-0.05, 0) is 0 Å². The van der Waals surface area contributed by atoms with Crippen molar-refractivity contribution in [3.8, 4) is 0 Å². The maximum atomic E-state index is 10.8. The fourth-order valence-electron chi connectivity index (χ4n) is 0.380. The van der Waals surface area contributed by atoms with Crippen LogP contribution in [0.1, 0.15) is 0 Å². The van der Waals surface area contributed by atoms with Gasteiger partial charge in [0.25, 0.3) is 0 Å². The first kappa shape index (κ1) is 10.2. The van der Waals surface area contributed by atoms with E-state index in [1.165, 1.54) is 14.1 Å². The second-order valence-corrected chi connectivity index (χ2v) is 3.57. The van der Waals surface area contributed by atoms with E-state index in [-0.39, 0.29) is 4.31 Å². The topological polar surface area (TPSA) is 77.9 Å². The van der Waals surface area contributed by atoms with Gasteiger partial charge in [-0.15, -0.1) is 0 Å². The van der Waals surface area contributed by atoms with E-state index < -0.39 is 16.3 Å². The maximum Gasteiger partial charge on any atom is 0.363 e. The minimum absolute atomic E-state index is 0.243. The Labute approximate surface area is 65.3 Å². The third-order valence-electron chi connectivity index (χ3n) is 0.998. The summed E-state index contributed by atoms with van der Waals surface area (Å²) in [5, 5.41) is 0. The predicted molar refractivity (Wildman–Crippen MR) is 38.4 cm³/mol. The van der Waals surface area contributed by atoms with Crippen LogP contribution in [0.4, 0.5) is 4.79 Å². The molecule has 7 heteroatoms. The molecule has 0 fully saturated rings. The van der Waals surface area contributed by atoms with Crippen molar-refractivity contribution in [2.45, 2.75) is 0 Å². The Morgan fingerprint density at radius 3 is 1.73 bits per heavy atom. The van der Waals surface area contributed by atoms with E-state index in [9.17, 15) is 13.2 Å². The Balaban J connectivity index is 4.53. The number of rotatable bonds is 1. The molecule has 0 aliphatic rings. The Kier molecular flexibility index (Phi) is 2.83. The Hall–Kier alpha value is -0.820. The molecule has 0 aliphatic carbocycles. The fraction of sp³-hybridized carbons (Fsp3) is 0.750. The molecule has 0 aromatic heterocycles. The number of carbonyl (C=O) groups excluding carboxylic acids is 1. The zero-order valence-corrected chi connectivity index (χ0v) is 7.29. The SMILES string of the molecule is CN(C)C(=O)N(C)S(=O)(=O)O. The van der Waals surface area contributed by atoms with Gasteiger partial charge in [0, 0.05) is 21.1 Å². The highest BCUT2D eigenvalue weighted by Crippen LogP contribution is 1.96.